The highest BCUT2D eigenvalue weighted by atomic mass is 16.1. The molecule has 1 aromatic heterocycles. The van der Waals surface area contributed by atoms with Gasteiger partial charge in [0, 0.05) is 13.6 Å². The maximum atomic E-state index is 11.9. The van der Waals surface area contributed by atoms with Gasteiger partial charge in [0.2, 0.25) is 5.91 Å². The van der Waals surface area contributed by atoms with Crippen LogP contribution in [0, 0.1) is 19.8 Å². The number of amides is 1. The predicted octanol–water partition coefficient (Wildman–Crippen LogP) is 0.585. The third-order valence-corrected chi connectivity index (χ3v) is 3.19. The molecule has 5 nitrogen and oxygen atoms in total. The van der Waals surface area contributed by atoms with Crippen molar-refractivity contribution in [3.63, 3.8) is 0 Å². The summed E-state index contributed by atoms with van der Waals surface area (Å²) < 4.78 is 1.79. The van der Waals surface area contributed by atoms with Crippen molar-refractivity contribution in [2.24, 2.45) is 13.0 Å². The van der Waals surface area contributed by atoms with Gasteiger partial charge >= 0.3 is 0 Å². The molecule has 2 rings (SSSR count). The number of aryl methyl sites for hydroxylation is 2. The summed E-state index contributed by atoms with van der Waals surface area (Å²) in [5, 5.41) is 10.4. The average molecular weight is 222 g/mol. The molecule has 0 radical (unpaired) electrons. The number of hydrogen-bond acceptors (Lipinski definition) is 3. The Morgan fingerprint density at radius 1 is 1.56 bits per heavy atom. The van der Waals surface area contributed by atoms with E-state index in [0.29, 0.717) is 0 Å². The number of rotatable bonds is 2. The van der Waals surface area contributed by atoms with E-state index in [-0.39, 0.29) is 11.8 Å². The van der Waals surface area contributed by atoms with Crippen molar-refractivity contribution in [3.05, 3.63) is 11.4 Å². The number of nitrogens with one attached hydrogen (secondary N) is 2. The van der Waals surface area contributed by atoms with E-state index in [0.717, 1.165) is 36.6 Å². The molecule has 1 atom stereocenters. The van der Waals surface area contributed by atoms with Crippen LogP contribution in [0.15, 0.2) is 0 Å². The highest BCUT2D eigenvalue weighted by Crippen LogP contribution is 2.20. The molecular weight excluding hydrogens is 204 g/mol. The Bertz CT molecular complexity index is 404. The van der Waals surface area contributed by atoms with Crippen LogP contribution in [0.1, 0.15) is 17.8 Å². The van der Waals surface area contributed by atoms with Crippen molar-refractivity contribution in [1.82, 2.24) is 15.1 Å². The van der Waals surface area contributed by atoms with Crippen LogP contribution in [-0.2, 0) is 11.8 Å². The minimum atomic E-state index is 0.0963. The second-order valence-electron chi connectivity index (χ2n) is 4.35. The summed E-state index contributed by atoms with van der Waals surface area (Å²) in [6, 6.07) is 0. The molecule has 1 saturated heterocycles. The highest BCUT2D eigenvalue weighted by Gasteiger charge is 2.23. The number of hydrogen-bond donors (Lipinski definition) is 2. The zero-order valence-corrected chi connectivity index (χ0v) is 10.0. The Balaban J connectivity index is 2.11. The van der Waals surface area contributed by atoms with Gasteiger partial charge in [0.15, 0.2) is 0 Å². The summed E-state index contributed by atoms with van der Waals surface area (Å²) >= 11 is 0. The lowest BCUT2D eigenvalue weighted by atomic mass is 10.1. The molecule has 2 N–H and O–H groups in total. The van der Waals surface area contributed by atoms with Gasteiger partial charge in [0.25, 0.3) is 0 Å². The zero-order valence-electron chi connectivity index (χ0n) is 10.0. The van der Waals surface area contributed by atoms with Crippen LogP contribution in [0.25, 0.3) is 0 Å². The van der Waals surface area contributed by atoms with Crippen molar-refractivity contribution in [2.75, 3.05) is 18.4 Å². The molecule has 16 heavy (non-hydrogen) atoms. The molecule has 0 aliphatic carbocycles. The number of aromatic nitrogens is 2. The van der Waals surface area contributed by atoms with Crippen LogP contribution in [0.2, 0.25) is 0 Å². The Labute approximate surface area is 95.2 Å². The summed E-state index contributed by atoms with van der Waals surface area (Å²) in [4.78, 5) is 11.9. The molecule has 1 fully saturated rings. The first kappa shape index (κ1) is 11.1. The highest BCUT2D eigenvalue weighted by molar-refractivity contribution is 5.93. The Kier molecular flexibility index (Phi) is 2.96. The first-order valence-corrected chi connectivity index (χ1v) is 5.61. The number of carbonyl (C=O) groups is 1. The standard InChI is InChI=1S/C11H18N4O/c1-7-10(8(2)15(3)14-7)13-11(16)9-4-5-12-6-9/h9,12H,4-6H2,1-3H3,(H,13,16). The van der Waals surface area contributed by atoms with E-state index >= 15 is 0 Å². The van der Waals surface area contributed by atoms with E-state index in [1.165, 1.54) is 0 Å². The molecule has 1 unspecified atom stereocenters. The van der Waals surface area contributed by atoms with Gasteiger partial charge in [0.1, 0.15) is 0 Å². The molecular formula is C11H18N4O. The third kappa shape index (κ3) is 1.95. The molecule has 1 aliphatic heterocycles. The van der Waals surface area contributed by atoms with Crippen LogP contribution in [0.3, 0.4) is 0 Å². The second kappa shape index (κ2) is 4.25. The molecule has 0 saturated carbocycles. The van der Waals surface area contributed by atoms with Gasteiger partial charge in [0.05, 0.1) is 23.0 Å². The van der Waals surface area contributed by atoms with E-state index in [1.807, 2.05) is 20.9 Å². The van der Waals surface area contributed by atoms with Crippen molar-refractivity contribution >= 4 is 11.6 Å². The van der Waals surface area contributed by atoms with Gasteiger partial charge in [-0.05, 0) is 26.8 Å². The summed E-state index contributed by atoms with van der Waals surface area (Å²) in [7, 11) is 1.88. The largest absolute Gasteiger partial charge is 0.323 e. The minimum absolute atomic E-state index is 0.0963. The zero-order chi connectivity index (χ0) is 11.7. The van der Waals surface area contributed by atoms with Gasteiger partial charge in [-0.1, -0.05) is 0 Å². The monoisotopic (exact) mass is 222 g/mol. The van der Waals surface area contributed by atoms with Crippen LogP contribution >= 0.6 is 0 Å². The SMILES string of the molecule is Cc1nn(C)c(C)c1NC(=O)C1CCNC1. The Morgan fingerprint density at radius 3 is 2.81 bits per heavy atom. The normalized spacial score (nSPS) is 20.1. The summed E-state index contributed by atoms with van der Waals surface area (Å²) in [5.74, 6) is 0.197. The van der Waals surface area contributed by atoms with Gasteiger partial charge in [-0.25, -0.2) is 0 Å². The van der Waals surface area contributed by atoms with Crippen LogP contribution in [0.5, 0.6) is 0 Å². The lowest BCUT2D eigenvalue weighted by Crippen LogP contribution is -2.25. The van der Waals surface area contributed by atoms with Crippen LogP contribution in [0.4, 0.5) is 5.69 Å². The number of carbonyl (C=O) groups excluding carboxylic acids is 1. The molecule has 0 spiro atoms. The van der Waals surface area contributed by atoms with E-state index in [2.05, 4.69) is 15.7 Å². The topological polar surface area (TPSA) is 59.0 Å². The molecule has 1 aliphatic rings. The first-order chi connectivity index (χ1) is 7.59. The fraction of sp³-hybridized carbons (Fsp3) is 0.636. The predicted molar refractivity (Wildman–Crippen MR) is 62.3 cm³/mol. The van der Waals surface area contributed by atoms with Crippen LogP contribution in [-0.4, -0.2) is 28.8 Å². The van der Waals surface area contributed by atoms with Gasteiger partial charge in [-0.3, -0.25) is 9.48 Å². The molecule has 0 bridgehead atoms. The summed E-state index contributed by atoms with van der Waals surface area (Å²) in [5.41, 5.74) is 2.73. The van der Waals surface area contributed by atoms with Crippen molar-refractivity contribution in [1.29, 1.82) is 0 Å². The second-order valence-corrected chi connectivity index (χ2v) is 4.35. The lowest BCUT2D eigenvalue weighted by molar-refractivity contribution is -0.119. The molecule has 1 amide bonds. The Hall–Kier alpha value is -1.36. The van der Waals surface area contributed by atoms with E-state index in [1.54, 1.807) is 4.68 Å². The first-order valence-electron chi connectivity index (χ1n) is 5.61. The molecule has 88 valence electrons. The van der Waals surface area contributed by atoms with Crippen molar-refractivity contribution in [3.8, 4) is 0 Å². The van der Waals surface area contributed by atoms with E-state index < -0.39 is 0 Å². The fourth-order valence-electron chi connectivity index (χ4n) is 2.06. The molecule has 0 aromatic carbocycles. The third-order valence-electron chi connectivity index (χ3n) is 3.19. The minimum Gasteiger partial charge on any atom is -0.323 e. The maximum absolute atomic E-state index is 11.9. The number of anilines is 1. The fourth-order valence-corrected chi connectivity index (χ4v) is 2.06. The molecule has 2 heterocycles. The maximum Gasteiger partial charge on any atom is 0.228 e. The quantitative estimate of drug-likeness (QED) is 0.769. The van der Waals surface area contributed by atoms with Crippen molar-refractivity contribution < 1.29 is 4.79 Å². The number of nitrogens with zero attached hydrogens (tertiary/aromatic N) is 2. The summed E-state index contributed by atoms with van der Waals surface area (Å²) in [6.07, 6.45) is 0.921. The van der Waals surface area contributed by atoms with Crippen molar-refractivity contribution in [2.45, 2.75) is 20.3 Å². The smallest absolute Gasteiger partial charge is 0.228 e. The Morgan fingerprint density at radius 2 is 2.31 bits per heavy atom. The van der Waals surface area contributed by atoms with Gasteiger partial charge in [-0.2, -0.15) is 5.10 Å². The van der Waals surface area contributed by atoms with Crippen LogP contribution < -0.4 is 10.6 Å². The average Bonchev–Trinajstić information content (AvgIpc) is 2.83. The van der Waals surface area contributed by atoms with Gasteiger partial charge < -0.3 is 10.6 Å². The molecule has 5 heteroatoms. The molecule has 1 aromatic rings. The van der Waals surface area contributed by atoms with E-state index in [9.17, 15) is 4.79 Å². The van der Waals surface area contributed by atoms with Gasteiger partial charge in [-0.15, -0.1) is 0 Å². The summed E-state index contributed by atoms with van der Waals surface area (Å²) in [6.45, 7) is 5.59. The van der Waals surface area contributed by atoms with E-state index in [4.69, 9.17) is 0 Å². The lowest BCUT2D eigenvalue weighted by Gasteiger charge is -2.09.